The van der Waals surface area contributed by atoms with Gasteiger partial charge in [0, 0.05) is 37.8 Å². The van der Waals surface area contributed by atoms with E-state index in [9.17, 15) is 0 Å². The molecule has 0 aliphatic carbocycles. The molecule has 1 atom stereocenters. The standard InChI is InChI=1S/C17H26N2O2/c1-13(2)21-17-7-5-6-16-15(17)8-10-19(16)11-9-18-14(3)12-20-4/h5-8,10,13-14,18H,9,11-12H2,1-4H3. The van der Waals surface area contributed by atoms with Crippen molar-refractivity contribution in [1.82, 2.24) is 9.88 Å². The second-order valence-corrected chi connectivity index (χ2v) is 5.68. The highest BCUT2D eigenvalue weighted by atomic mass is 16.5. The molecule has 2 rings (SSSR count). The molecule has 21 heavy (non-hydrogen) atoms. The fourth-order valence-electron chi connectivity index (χ4n) is 2.49. The summed E-state index contributed by atoms with van der Waals surface area (Å²) in [6.45, 7) is 8.82. The lowest BCUT2D eigenvalue weighted by atomic mass is 10.2. The third-order valence-electron chi connectivity index (χ3n) is 3.40. The number of hydrogen-bond donors (Lipinski definition) is 1. The summed E-state index contributed by atoms with van der Waals surface area (Å²) in [4.78, 5) is 0. The Morgan fingerprint density at radius 1 is 1.19 bits per heavy atom. The van der Waals surface area contributed by atoms with E-state index in [1.807, 2.05) is 6.07 Å². The average Bonchev–Trinajstić information content (AvgIpc) is 2.83. The minimum absolute atomic E-state index is 0.190. The Hall–Kier alpha value is -1.52. The third-order valence-corrected chi connectivity index (χ3v) is 3.40. The largest absolute Gasteiger partial charge is 0.490 e. The van der Waals surface area contributed by atoms with Crippen molar-refractivity contribution in [2.75, 3.05) is 20.3 Å². The quantitative estimate of drug-likeness (QED) is 0.811. The Kier molecular flexibility index (Phi) is 5.65. The maximum atomic E-state index is 5.87. The van der Waals surface area contributed by atoms with Crippen LogP contribution < -0.4 is 10.1 Å². The van der Waals surface area contributed by atoms with E-state index in [4.69, 9.17) is 9.47 Å². The molecule has 0 saturated heterocycles. The van der Waals surface area contributed by atoms with Gasteiger partial charge < -0.3 is 19.4 Å². The van der Waals surface area contributed by atoms with E-state index < -0.39 is 0 Å². The van der Waals surface area contributed by atoms with E-state index >= 15 is 0 Å². The molecule has 0 aliphatic heterocycles. The zero-order chi connectivity index (χ0) is 15.2. The smallest absolute Gasteiger partial charge is 0.129 e. The Bertz CT molecular complexity index is 563. The highest BCUT2D eigenvalue weighted by Gasteiger charge is 2.08. The number of aromatic nitrogens is 1. The molecule has 1 N–H and O–H groups in total. The van der Waals surface area contributed by atoms with Crippen LogP contribution in [-0.2, 0) is 11.3 Å². The summed E-state index contributed by atoms with van der Waals surface area (Å²) >= 11 is 0. The lowest BCUT2D eigenvalue weighted by molar-refractivity contribution is 0.172. The van der Waals surface area contributed by atoms with Gasteiger partial charge >= 0.3 is 0 Å². The topological polar surface area (TPSA) is 35.4 Å². The lowest BCUT2D eigenvalue weighted by Gasteiger charge is -2.14. The predicted molar refractivity (Wildman–Crippen MR) is 87.0 cm³/mol. The molecule has 1 unspecified atom stereocenters. The van der Waals surface area contributed by atoms with Crippen LogP contribution in [0.2, 0.25) is 0 Å². The molecule has 4 nitrogen and oxygen atoms in total. The fraction of sp³-hybridized carbons (Fsp3) is 0.529. The van der Waals surface area contributed by atoms with Crippen LogP contribution in [0.4, 0.5) is 0 Å². The lowest BCUT2D eigenvalue weighted by Crippen LogP contribution is -2.32. The molecule has 0 spiro atoms. The van der Waals surface area contributed by atoms with Gasteiger partial charge in [0.15, 0.2) is 0 Å². The molecule has 1 aromatic carbocycles. The summed E-state index contributed by atoms with van der Waals surface area (Å²) in [6, 6.07) is 8.73. The van der Waals surface area contributed by atoms with Crippen molar-refractivity contribution in [3.05, 3.63) is 30.5 Å². The highest BCUT2D eigenvalue weighted by Crippen LogP contribution is 2.27. The summed E-state index contributed by atoms with van der Waals surface area (Å²) < 4.78 is 13.3. The monoisotopic (exact) mass is 290 g/mol. The van der Waals surface area contributed by atoms with Crippen LogP contribution in [0, 0.1) is 0 Å². The van der Waals surface area contributed by atoms with Crippen LogP contribution in [0.25, 0.3) is 10.9 Å². The Morgan fingerprint density at radius 3 is 2.71 bits per heavy atom. The molecule has 2 aromatic rings. The van der Waals surface area contributed by atoms with Crippen LogP contribution in [0.5, 0.6) is 5.75 Å². The van der Waals surface area contributed by atoms with E-state index in [0.29, 0.717) is 6.04 Å². The van der Waals surface area contributed by atoms with Gasteiger partial charge in [-0.2, -0.15) is 0 Å². The van der Waals surface area contributed by atoms with Crippen LogP contribution >= 0.6 is 0 Å². The molecule has 0 bridgehead atoms. The number of rotatable bonds is 8. The first-order chi connectivity index (χ1) is 10.1. The van der Waals surface area contributed by atoms with E-state index in [2.05, 4.69) is 55.1 Å². The van der Waals surface area contributed by atoms with E-state index in [0.717, 1.165) is 25.4 Å². The summed E-state index contributed by atoms with van der Waals surface area (Å²) in [5.74, 6) is 0.960. The molecule has 0 fully saturated rings. The van der Waals surface area contributed by atoms with E-state index in [1.165, 1.54) is 10.9 Å². The van der Waals surface area contributed by atoms with Gasteiger partial charge in [0.05, 0.1) is 18.2 Å². The Balaban J connectivity index is 2.04. The van der Waals surface area contributed by atoms with Crippen molar-refractivity contribution in [2.45, 2.75) is 39.5 Å². The second-order valence-electron chi connectivity index (χ2n) is 5.68. The van der Waals surface area contributed by atoms with E-state index in [1.54, 1.807) is 7.11 Å². The van der Waals surface area contributed by atoms with Crippen molar-refractivity contribution in [2.24, 2.45) is 0 Å². The van der Waals surface area contributed by atoms with Gasteiger partial charge in [-0.3, -0.25) is 0 Å². The minimum atomic E-state index is 0.190. The highest BCUT2D eigenvalue weighted by molar-refractivity contribution is 5.86. The van der Waals surface area contributed by atoms with Crippen LogP contribution in [0.3, 0.4) is 0 Å². The zero-order valence-corrected chi connectivity index (χ0v) is 13.4. The molecule has 1 aromatic heterocycles. The first-order valence-electron chi connectivity index (χ1n) is 7.58. The molecule has 0 saturated carbocycles. The number of nitrogens with zero attached hydrogens (tertiary/aromatic N) is 1. The van der Waals surface area contributed by atoms with Gasteiger partial charge in [-0.05, 0) is 39.0 Å². The summed E-state index contributed by atoms with van der Waals surface area (Å²) in [5, 5.41) is 4.63. The molecule has 1 heterocycles. The van der Waals surface area contributed by atoms with Crippen molar-refractivity contribution in [3.8, 4) is 5.75 Å². The summed E-state index contributed by atoms with van der Waals surface area (Å²) in [5.41, 5.74) is 1.22. The molecule has 116 valence electrons. The molecule has 0 amide bonds. The number of methoxy groups -OCH3 is 1. The number of ether oxygens (including phenoxy) is 2. The number of nitrogens with one attached hydrogen (secondary N) is 1. The van der Waals surface area contributed by atoms with Gasteiger partial charge in [0.2, 0.25) is 0 Å². The third kappa shape index (κ3) is 4.22. The average molecular weight is 290 g/mol. The molecule has 4 heteroatoms. The maximum Gasteiger partial charge on any atom is 0.129 e. The van der Waals surface area contributed by atoms with Crippen molar-refractivity contribution in [3.63, 3.8) is 0 Å². The van der Waals surface area contributed by atoms with Gasteiger partial charge in [0.1, 0.15) is 5.75 Å². The number of fused-ring (bicyclic) bond motifs is 1. The van der Waals surface area contributed by atoms with Crippen LogP contribution in [0.15, 0.2) is 30.5 Å². The fourth-order valence-corrected chi connectivity index (χ4v) is 2.49. The zero-order valence-electron chi connectivity index (χ0n) is 13.4. The van der Waals surface area contributed by atoms with Crippen LogP contribution in [0.1, 0.15) is 20.8 Å². The second kappa shape index (κ2) is 7.48. The summed E-state index contributed by atoms with van der Waals surface area (Å²) in [6.07, 6.45) is 2.32. The van der Waals surface area contributed by atoms with E-state index in [-0.39, 0.29) is 6.10 Å². The first-order valence-corrected chi connectivity index (χ1v) is 7.58. The van der Waals surface area contributed by atoms with Crippen LogP contribution in [-0.4, -0.2) is 37.0 Å². The first kappa shape index (κ1) is 15.9. The summed E-state index contributed by atoms with van der Waals surface area (Å²) in [7, 11) is 1.73. The number of benzene rings is 1. The SMILES string of the molecule is COCC(C)NCCn1ccc2c(OC(C)C)cccc21. The van der Waals surface area contributed by atoms with Crippen molar-refractivity contribution in [1.29, 1.82) is 0 Å². The van der Waals surface area contributed by atoms with Gasteiger partial charge in [-0.25, -0.2) is 0 Å². The minimum Gasteiger partial charge on any atom is -0.490 e. The maximum absolute atomic E-state index is 5.87. The van der Waals surface area contributed by atoms with Crippen molar-refractivity contribution >= 4 is 10.9 Å². The van der Waals surface area contributed by atoms with Gasteiger partial charge in [0.25, 0.3) is 0 Å². The Labute approximate surface area is 127 Å². The Morgan fingerprint density at radius 2 is 2.00 bits per heavy atom. The van der Waals surface area contributed by atoms with Crippen molar-refractivity contribution < 1.29 is 9.47 Å². The van der Waals surface area contributed by atoms with Gasteiger partial charge in [-0.15, -0.1) is 0 Å². The van der Waals surface area contributed by atoms with Gasteiger partial charge in [-0.1, -0.05) is 6.07 Å². The predicted octanol–water partition coefficient (Wildman–Crippen LogP) is 3.05. The molecule has 0 aliphatic rings. The number of hydrogen-bond acceptors (Lipinski definition) is 3. The molecule has 0 radical (unpaired) electrons. The molecular weight excluding hydrogens is 264 g/mol. The normalized spacial score (nSPS) is 13.0. The molecular formula is C17H26N2O2.